The Morgan fingerprint density at radius 1 is 1.44 bits per heavy atom. The van der Waals surface area contributed by atoms with Gasteiger partial charge in [-0.1, -0.05) is 40.5 Å². The van der Waals surface area contributed by atoms with Gasteiger partial charge in [0.1, 0.15) is 0 Å². The van der Waals surface area contributed by atoms with Crippen molar-refractivity contribution in [2.24, 2.45) is 11.7 Å². The van der Waals surface area contributed by atoms with Crippen LogP contribution in [0.4, 0.5) is 0 Å². The van der Waals surface area contributed by atoms with Crippen molar-refractivity contribution in [3.63, 3.8) is 0 Å². The van der Waals surface area contributed by atoms with Gasteiger partial charge in [0, 0.05) is 24.1 Å². The SMILES string of the molecule is CN(Cc1ccccc1Br)C(=O)[C@H]1CCC[C@@H]1N. The summed E-state index contributed by atoms with van der Waals surface area (Å²) in [6.45, 7) is 0.628. The second-order valence-corrected chi connectivity index (χ2v) is 5.84. The van der Waals surface area contributed by atoms with Crippen LogP contribution in [0.1, 0.15) is 24.8 Å². The molecule has 1 aromatic rings. The van der Waals surface area contributed by atoms with E-state index in [1.54, 1.807) is 4.90 Å². The van der Waals surface area contributed by atoms with Gasteiger partial charge in [-0.05, 0) is 24.5 Å². The molecule has 1 aliphatic carbocycles. The molecule has 1 amide bonds. The third-order valence-corrected chi connectivity index (χ3v) is 4.40. The fourth-order valence-corrected chi connectivity index (χ4v) is 2.95. The van der Waals surface area contributed by atoms with Crippen LogP contribution in [0.25, 0.3) is 0 Å². The van der Waals surface area contributed by atoms with Crippen LogP contribution in [0.5, 0.6) is 0 Å². The average Bonchev–Trinajstić information content (AvgIpc) is 2.77. The molecule has 0 spiro atoms. The molecule has 1 aliphatic rings. The van der Waals surface area contributed by atoms with Gasteiger partial charge in [-0.2, -0.15) is 0 Å². The number of hydrogen-bond acceptors (Lipinski definition) is 2. The van der Waals surface area contributed by atoms with Crippen molar-refractivity contribution >= 4 is 21.8 Å². The van der Waals surface area contributed by atoms with Crippen LogP contribution >= 0.6 is 15.9 Å². The molecule has 0 unspecified atom stereocenters. The van der Waals surface area contributed by atoms with Crippen LogP contribution in [0.3, 0.4) is 0 Å². The zero-order chi connectivity index (χ0) is 13.1. The van der Waals surface area contributed by atoms with E-state index >= 15 is 0 Å². The lowest BCUT2D eigenvalue weighted by Crippen LogP contribution is -2.39. The standard InChI is InChI=1S/C14H19BrN2O/c1-17(9-10-5-2-3-7-12(10)15)14(18)11-6-4-8-13(11)16/h2-3,5,7,11,13H,4,6,8-9,16H2,1H3/t11-,13-/m0/s1. The first-order chi connectivity index (χ1) is 8.59. The van der Waals surface area contributed by atoms with E-state index in [0.717, 1.165) is 29.3 Å². The molecule has 0 aromatic heterocycles. The average molecular weight is 311 g/mol. The molecule has 0 bridgehead atoms. The molecule has 2 rings (SSSR count). The molecule has 1 saturated carbocycles. The summed E-state index contributed by atoms with van der Waals surface area (Å²) >= 11 is 3.51. The highest BCUT2D eigenvalue weighted by Gasteiger charge is 2.32. The van der Waals surface area contributed by atoms with E-state index in [0.29, 0.717) is 6.54 Å². The van der Waals surface area contributed by atoms with E-state index in [1.165, 1.54) is 0 Å². The minimum Gasteiger partial charge on any atom is -0.341 e. The number of nitrogens with two attached hydrogens (primary N) is 1. The van der Waals surface area contributed by atoms with E-state index in [4.69, 9.17) is 5.73 Å². The Morgan fingerprint density at radius 2 is 2.17 bits per heavy atom. The maximum Gasteiger partial charge on any atom is 0.227 e. The molecule has 0 radical (unpaired) electrons. The summed E-state index contributed by atoms with van der Waals surface area (Å²) < 4.78 is 1.04. The summed E-state index contributed by atoms with van der Waals surface area (Å²) in [7, 11) is 1.85. The number of nitrogens with zero attached hydrogens (tertiary/aromatic N) is 1. The van der Waals surface area contributed by atoms with Crippen molar-refractivity contribution < 1.29 is 4.79 Å². The first-order valence-corrected chi connectivity index (χ1v) is 7.13. The van der Waals surface area contributed by atoms with Crippen LogP contribution in [-0.2, 0) is 11.3 Å². The third kappa shape index (κ3) is 2.93. The number of halogens is 1. The Morgan fingerprint density at radius 3 is 2.78 bits per heavy atom. The molecule has 3 nitrogen and oxygen atoms in total. The Hall–Kier alpha value is -0.870. The van der Waals surface area contributed by atoms with E-state index < -0.39 is 0 Å². The number of rotatable bonds is 3. The molecule has 18 heavy (non-hydrogen) atoms. The molecule has 4 heteroatoms. The highest BCUT2D eigenvalue weighted by Crippen LogP contribution is 2.26. The zero-order valence-corrected chi connectivity index (χ0v) is 12.2. The summed E-state index contributed by atoms with van der Waals surface area (Å²) in [6.07, 6.45) is 2.97. The minimum absolute atomic E-state index is 0.0116. The van der Waals surface area contributed by atoms with Gasteiger partial charge in [-0.15, -0.1) is 0 Å². The quantitative estimate of drug-likeness (QED) is 0.932. The van der Waals surface area contributed by atoms with Crippen molar-refractivity contribution in [3.05, 3.63) is 34.3 Å². The number of benzene rings is 1. The van der Waals surface area contributed by atoms with Gasteiger partial charge in [-0.25, -0.2) is 0 Å². The second kappa shape index (κ2) is 5.85. The van der Waals surface area contributed by atoms with Crippen LogP contribution in [0.2, 0.25) is 0 Å². The van der Waals surface area contributed by atoms with Crippen LogP contribution in [-0.4, -0.2) is 23.9 Å². The van der Waals surface area contributed by atoms with Crippen molar-refractivity contribution in [2.45, 2.75) is 31.8 Å². The minimum atomic E-state index is 0.0116. The van der Waals surface area contributed by atoms with Gasteiger partial charge in [0.05, 0.1) is 5.92 Å². The van der Waals surface area contributed by atoms with Gasteiger partial charge in [0.25, 0.3) is 0 Å². The van der Waals surface area contributed by atoms with Gasteiger partial charge < -0.3 is 10.6 Å². The Kier molecular flexibility index (Phi) is 4.40. The second-order valence-electron chi connectivity index (χ2n) is 4.99. The topological polar surface area (TPSA) is 46.3 Å². The molecule has 2 N–H and O–H groups in total. The number of carbonyl (C=O) groups excluding carboxylic acids is 1. The van der Waals surface area contributed by atoms with E-state index in [-0.39, 0.29) is 17.9 Å². The normalized spacial score (nSPS) is 23.1. The fraction of sp³-hybridized carbons (Fsp3) is 0.500. The number of amides is 1. The molecule has 0 aliphatic heterocycles. The fourth-order valence-electron chi connectivity index (χ4n) is 2.54. The predicted octanol–water partition coefficient (Wildman–Crippen LogP) is 2.53. The zero-order valence-electron chi connectivity index (χ0n) is 10.6. The molecule has 0 heterocycles. The van der Waals surface area contributed by atoms with Crippen molar-refractivity contribution in [3.8, 4) is 0 Å². The predicted molar refractivity (Wildman–Crippen MR) is 75.9 cm³/mol. The van der Waals surface area contributed by atoms with E-state index in [1.807, 2.05) is 31.3 Å². The molecular weight excluding hydrogens is 292 g/mol. The highest BCUT2D eigenvalue weighted by atomic mass is 79.9. The summed E-state index contributed by atoms with van der Waals surface area (Å²) in [5.41, 5.74) is 7.11. The summed E-state index contributed by atoms with van der Waals surface area (Å²) in [6, 6.07) is 8.03. The Balaban J connectivity index is 2.01. The first kappa shape index (κ1) is 13.6. The summed E-state index contributed by atoms with van der Waals surface area (Å²) in [5, 5.41) is 0. The highest BCUT2D eigenvalue weighted by molar-refractivity contribution is 9.10. The van der Waals surface area contributed by atoms with Crippen molar-refractivity contribution in [1.82, 2.24) is 4.90 Å². The largest absolute Gasteiger partial charge is 0.341 e. The maximum absolute atomic E-state index is 12.3. The molecular formula is C14H19BrN2O. The maximum atomic E-state index is 12.3. The summed E-state index contributed by atoms with van der Waals surface area (Å²) in [5.74, 6) is 0.188. The lowest BCUT2D eigenvalue weighted by molar-refractivity contribution is -0.134. The molecule has 2 atom stereocenters. The molecule has 1 aromatic carbocycles. The van der Waals surface area contributed by atoms with E-state index in [9.17, 15) is 4.79 Å². The molecule has 1 fully saturated rings. The number of carbonyl (C=O) groups is 1. The van der Waals surface area contributed by atoms with Gasteiger partial charge >= 0.3 is 0 Å². The smallest absolute Gasteiger partial charge is 0.227 e. The van der Waals surface area contributed by atoms with Crippen LogP contribution < -0.4 is 5.73 Å². The first-order valence-electron chi connectivity index (χ1n) is 6.33. The Bertz CT molecular complexity index is 436. The van der Waals surface area contributed by atoms with Gasteiger partial charge in [0.2, 0.25) is 5.91 Å². The lowest BCUT2D eigenvalue weighted by atomic mass is 10.0. The Labute approximate surface area is 116 Å². The monoisotopic (exact) mass is 310 g/mol. The molecule has 0 saturated heterocycles. The number of hydrogen-bond donors (Lipinski definition) is 1. The molecule has 98 valence electrons. The van der Waals surface area contributed by atoms with E-state index in [2.05, 4.69) is 15.9 Å². The van der Waals surface area contributed by atoms with Crippen molar-refractivity contribution in [1.29, 1.82) is 0 Å². The van der Waals surface area contributed by atoms with Crippen LogP contribution in [0.15, 0.2) is 28.7 Å². The van der Waals surface area contributed by atoms with Gasteiger partial charge in [-0.3, -0.25) is 4.79 Å². The summed E-state index contributed by atoms with van der Waals surface area (Å²) in [4.78, 5) is 14.1. The van der Waals surface area contributed by atoms with Crippen molar-refractivity contribution in [2.75, 3.05) is 7.05 Å². The lowest BCUT2D eigenvalue weighted by Gasteiger charge is -2.23. The van der Waals surface area contributed by atoms with Gasteiger partial charge in [0.15, 0.2) is 0 Å². The third-order valence-electron chi connectivity index (χ3n) is 3.63. The van der Waals surface area contributed by atoms with Crippen LogP contribution in [0, 0.1) is 5.92 Å².